The summed E-state index contributed by atoms with van der Waals surface area (Å²) >= 11 is 1.56. The Bertz CT molecular complexity index is 729. The van der Waals surface area contributed by atoms with Gasteiger partial charge in [-0.05, 0) is 11.6 Å². The molecule has 1 aromatic heterocycles. The van der Waals surface area contributed by atoms with Gasteiger partial charge in [0.2, 0.25) is 5.91 Å². The number of hydrogen-bond acceptors (Lipinski definition) is 6. The van der Waals surface area contributed by atoms with E-state index in [4.69, 9.17) is 14.2 Å². The van der Waals surface area contributed by atoms with E-state index in [9.17, 15) is 4.79 Å². The lowest BCUT2D eigenvalue weighted by Gasteiger charge is -2.27. The van der Waals surface area contributed by atoms with Crippen LogP contribution in [0.1, 0.15) is 16.5 Å². The number of nitrogens with zero attached hydrogens (tertiary/aromatic N) is 2. The Morgan fingerprint density at radius 1 is 1.20 bits per heavy atom. The van der Waals surface area contributed by atoms with E-state index in [2.05, 4.69) is 4.98 Å². The summed E-state index contributed by atoms with van der Waals surface area (Å²) in [7, 11) is 4.80. The van der Waals surface area contributed by atoms with Crippen LogP contribution in [0.15, 0.2) is 36.7 Å². The lowest BCUT2D eigenvalue weighted by Crippen LogP contribution is -2.28. The number of aromatic nitrogens is 1. The van der Waals surface area contributed by atoms with Crippen LogP contribution in [0.2, 0.25) is 0 Å². The van der Waals surface area contributed by atoms with E-state index in [-0.39, 0.29) is 11.3 Å². The normalized spacial score (nSPS) is 16.8. The molecule has 2 aromatic rings. The van der Waals surface area contributed by atoms with E-state index in [0.29, 0.717) is 29.5 Å². The van der Waals surface area contributed by atoms with Crippen LogP contribution in [-0.2, 0) is 11.3 Å². The number of hydrogen-bond donors (Lipinski definition) is 0. The van der Waals surface area contributed by atoms with Crippen LogP contribution < -0.4 is 14.2 Å². The number of pyridine rings is 1. The predicted octanol–water partition coefficient (Wildman–Crippen LogP) is 2.88. The van der Waals surface area contributed by atoms with Gasteiger partial charge in [0.25, 0.3) is 0 Å². The number of methoxy groups -OCH3 is 3. The topological polar surface area (TPSA) is 60.9 Å². The third kappa shape index (κ3) is 3.51. The van der Waals surface area contributed by atoms with Crippen molar-refractivity contribution in [1.29, 1.82) is 0 Å². The van der Waals surface area contributed by atoms with Gasteiger partial charge in [-0.1, -0.05) is 6.07 Å². The maximum Gasteiger partial charge on any atom is 0.234 e. The van der Waals surface area contributed by atoms with Crippen molar-refractivity contribution in [2.75, 3.05) is 27.1 Å². The first-order valence-corrected chi connectivity index (χ1v) is 8.82. The summed E-state index contributed by atoms with van der Waals surface area (Å²) in [5, 5.41) is -0.191. The van der Waals surface area contributed by atoms with Crippen LogP contribution in [0.3, 0.4) is 0 Å². The Balaban J connectivity index is 2.00. The molecule has 2 heterocycles. The molecule has 1 aliphatic rings. The highest BCUT2D eigenvalue weighted by atomic mass is 32.2. The molecule has 1 unspecified atom stereocenters. The number of carbonyl (C=O) groups excluding carboxylic acids is 1. The highest BCUT2D eigenvalue weighted by molar-refractivity contribution is 8.00. The zero-order chi connectivity index (χ0) is 17.8. The molecule has 0 aliphatic carbocycles. The molecule has 132 valence electrons. The first-order valence-electron chi connectivity index (χ1n) is 7.77. The first kappa shape index (κ1) is 17.4. The second-order valence-electron chi connectivity index (χ2n) is 5.49. The molecule has 1 saturated heterocycles. The number of carbonyl (C=O) groups is 1. The summed E-state index contributed by atoms with van der Waals surface area (Å²) in [5.74, 6) is 2.42. The largest absolute Gasteiger partial charge is 0.496 e. The fraction of sp³-hybridized carbons (Fsp3) is 0.333. The molecule has 1 atom stereocenters. The molecule has 0 spiro atoms. The van der Waals surface area contributed by atoms with Crippen LogP contribution in [0.5, 0.6) is 17.2 Å². The Hall–Kier alpha value is -2.41. The minimum Gasteiger partial charge on any atom is -0.496 e. The number of amides is 1. The molecule has 0 saturated carbocycles. The fourth-order valence-electron chi connectivity index (χ4n) is 2.83. The molecule has 1 amide bonds. The highest BCUT2D eigenvalue weighted by Gasteiger charge is 2.37. The van der Waals surface area contributed by atoms with Gasteiger partial charge in [-0.3, -0.25) is 9.78 Å². The molecule has 1 aliphatic heterocycles. The summed E-state index contributed by atoms with van der Waals surface area (Å²) in [5.41, 5.74) is 1.82. The van der Waals surface area contributed by atoms with Crippen molar-refractivity contribution in [2.45, 2.75) is 11.9 Å². The van der Waals surface area contributed by atoms with Gasteiger partial charge in [0, 0.05) is 31.1 Å². The summed E-state index contributed by atoms with van der Waals surface area (Å²) in [6, 6.07) is 7.45. The van der Waals surface area contributed by atoms with Gasteiger partial charge in [0.1, 0.15) is 22.6 Å². The number of benzene rings is 1. The average molecular weight is 360 g/mol. The zero-order valence-electron chi connectivity index (χ0n) is 14.4. The number of thioether (sulfide) groups is 1. The Morgan fingerprint density at radius 2 is 1.92 bits per heavy atom. The van der Waals surface area contributed by atoms with Crippen molar-refractivity contribution in [3.63, 3.8) is 0 Å². The molecule has 3 rings (SSSR count). The van der Waals surface area contributed by atoms with Gasteiger partial charge in [0.15, 0.2) is 0 Å². The van der Waals surface area contributed by atoms with Crippen molar-refractivity contribution in [1.82, 2.24) is 9.88 Å². The molecule has 6 nitrogen and oxygen atoms in total. The second kappa shape index (κ2) is 7.65. The molecule has 25 heavy (non-hydrogen) atoms. The van der Waals surface area contributed by atoms with E-state index in [0.717, 1.165) is 11.1 Å². The summed E-state index contributed by atoms with van der Waals surface area (Å²) in [6.45, 7) is 0.489. The summed E-state index contributed by atoms with van der Waals surface area (Å²) in [4.78, 5) is 18.4. The monoisotopic (exact) mass is 360 g/mol. The van der Waals surface area contributed by atoms with Crippen molar-refractivity contribution < 1.29 is 19.0 Å². The Morgan fingerprint density at radius 3 is 2.48 bits per heavy atom. The smallest absolute Gasteiger partial charge is 0.234 e. The standard InChI is InChI=1S/C18H20N2O4S/c1-22-13-7-14(23-2)17(15(8-13)24-3)18-20(16(21)11-25-18)10-12-5-4-6-19-9-12/h4-9,18H,10-11H2,1-3H3. The van der Waals surface area contributed by atoms with Crippen LogP contribution >= 0.6 is 11.8 Å². The molecule has 1 fully saturated rings. The van der Waals surface area contributed by atoms with Gasteiger partial charge in [-0.2, -0.15) is 0 Å². The van der Waals surface area contributed by atoms with Gasteiger partial charge in [-0.25, -0.2) is 0 Å². The molecule has 1 aromatic carbocycles. The molecular weight excluding hydrogens is 340 g/mol. The SMILES string of the molecule is COc1cc(OC)c(C2SCC(=O)N2Cc2cccnc2)c(OC)c1. The Kier molecular flexibility index (Phi) is 5.33. The van der Waals surface area contributed by atoms with Crippen LogP contribution in [0, 0.1) is 0 Å². The van der Waals surface area contributed by atoms with E-state index in [1.807, 2.05) is 29.2 Å². The molecule has 0 bridgehead atoms. The van der Waals surface area contributed by atoms with Gasteiger partial charge >= 0.3 is 0 Å². The van der Waals surface area contributed by atoms with Gasteiger partial charge < -0.3 is 19.1 Å². The van der Waals surface area contributed by atoms with Crippen molar-refractivity contribution in [3.05, 3.63) is 47.8 Å². The maximum atomic E-state index is 12.5. The summed E-state index contributed by atoms with van der Waals surface area (Å²) in [6.07, 6.45) is 3.49. The van der Waals surface area contributed by atoms with Crippen molar-refractivity contribution in [3.8, 4) is 17.2 Å². The number of ether oxygens (including phenoxy) is 3. The predicted molar refractivity (Wildman–Crippen MR) is 96.1 cm³/mol. The van der Waals surface area contributed by atoms with Gasteiger partial charge in [-0.15, -0.1) is 11.8 Å². The maximum absolute atomic E-state index is 12.5. The van der Waals surface area contributed by atoms with E-state index >= 15 is 0 Å². The second-order valence-corrected chi connectivity index (χ2v) is 6.56. The third-order valence-electron chi connectivity index (χ3n) is 4.04. The first-order chi connectivity index (χ1) is 12.2. The lowest BCUT2D eigenvalue weighted by molar-refractivity contribution is -0.128. The minimum atomic E-state index is -0.191. The molecule has 0 radical (unpaired) electrons. The van der Waals surface area contributed by atoms with Crippen molar-refractivity contribution >= 4 is 17.7 Å². The zero-order valence-corrected chi connectivity index (χ0v) is 15.2. The Labute approximate surface area is 151 Å². The third-order valence-corrected chi connectivity index (χ3v) is 5.26. The van der Waals surface area contributed by atoms with Crippen LogP contribution in [0.4, 0.5) is 0 Å². The van der Waals surface area contributed by atoms with E-state index in [1.165, 1.54) is 0 Å². The average Bonchev–Trinajstić information content (AvgIpc) is 3.01. The highest BCUT2D eigenvalue weighted by Crippen LogP contribution is 2.48. The van der Waals surface area contributed by atoms with Crippen LogP contribution in [-0.4, -0.2) is 42.9 Å². The molecule has 7 heteroatoms. The van der Waals surface area contributed by atoms with Gasteiger partial charge in [0.05, 0.1) is 32.6 Å². The summed E-state index contributed by atoms with van der Waals surface area (Å²) < 4.78 is 16.4. The van der Waals surface area contributed by atoms with Crippen molar-refractivity contribution in [2.24, 2.45) is 0 Å². The minimum absolute atomic E-state index is 0.0822. The quantitative estimate of drug-likeness (QED) is 0.789. The van der Waals surface area contributed by atoms with Crippen LogP contribution in [0.25, 0.3) is 0 Å². The molecular formula is C18H20N2O4S. The molecule has 0 N–H and O–H groups in total. The number of rotatable bonds is 6. The lowest BCUT2D eigenvalue weighted by atomic mass is 10.1. The van der Waals surface area contributed by atoms with E-state index in [1.54, 1.807) is 45.5 Å². The fourth-order valence-corrected chi connectivity index (χ4v) is 4.07. The van der Waals surface area contributed by atoms with E-state index < -0.39 is 0 Å².